The summed E-state index contributed by atoms with van der Waals surface area (Å²) in [4.78, 5) is 53.1. The molecule has 0 saturated heterocycles. The van der Waals surface area contributed by atoms with Crippen LogP contribution in [0.4, 0.5) is 18.9 Å². The molecule has 2 amide bonds. The first-order chi connectivity index (χ1) is 20.5. The second kappa shape index (κ2) is 10.8. The second-order valence-corrected chi connectivity index (χ2v) is 11.7. The van der Waals surface area contributed by atoms with Crippen LogP contribution < -0.4 is 21.1 Å². The Balaban J connectivity index is 1.64. The van der Waals surface area contributed by atoms with Crippen LogP contribution in [0.2, 0.25) is 0 Å². The summed E-state index contributed by atoms with van der Waals surface area (Å²) in [6.07, 6.45) is -3.32. The summed E-state index contributed by atoms with van der Waals surface area (Å²) in [6, 6.07) is -0.511. The van der Waals surface area contributed by atoms with Crippen molar-refractivity contribution in [1.82, 2.24) is 10.2 Å². The molecule has 1 aromatic carbocycles. The zero-order valence-corrected chi connectivity index (χ0v) is 23.6. The molecule has 5 rings (SSSR count). The Bertz CT molecular complexity index is 1530. The molecule has 0 aromatic heterocycles. The van der Waals surface area contributed by atoms with Crippen molar-refractivity contribution in [2.24, 2.45) is 17.6 Å². The fourth-order valence-corrected chi connectivity index (χ4v) is 6.63. The van der Waals surface area contributed by atoms with E-state index >= 15 is 0 Å². The van der Waals surface area contributed by atoms with Crippen molar-refractivity contribution in [2.75, 3.05) is 26.0 Å². The van der Waals surface area contributed by atoms with Gasteiger partial charge >= 0.3 is 6.36 Å². The lowest BCUT2D eigenvalue weighted by molar-refractivity contribution is -0.275. The lowest BCUT2D eigenvalue weighted by Gasteiger charge is -2.50. The van der Waals surface area contributed by atoms with E-state index in [0.717, 1.165) is 25.3 Å². The van der Waals surface area contributed by atoms with E-state index in [9.17, 15) is 52.8 Å². The number of aliphatic hydroxyl groups excluding tert-OH is 2. The standard InChI is InChI=1S/C28H31F3N4O9/c1-35(2)20-13-7-10-6-12-15(44-28(29,30)31)8-14(34-16(36)9-33-11-4-3-5-11)21(37)18(12)22(38)17(10)24(40)27(13,43)25(41)19(23(20)39)26(32)42/h8,10-11,13,20,33,37-38,41,43H,3-7,9H2,1-2H3,(H2,32,42)(H,34,36)/t10-,13-,20-,27-/m0/s1. The Hall–Kier alpha value is -4.15. The van der Waals surface area contributed by atoms with Crippen molar-refractivity contribution in [3.8, 4) is 11.5 Å². The number of aliphatic hydroxyl groups is 3. The van der Waals surface area contributed by atoms with E-state index in [2.05, 4.69) is 15.4 Å². The molecule has 1 aromatic rings. The normalized spacial score (nSPS) is 27.0. The Morgan fingerprint density at radius 1 is 1.18 bits per heavy atom. The van der Waals surface area contributed by atoms with Crippen LogP contribution >= 0.6 is 0 Å². The maximum absolute atomic E-state index is 13.9. The SMILES string of the molecule is CN(C)[C@@H]1C(=O)C(C(N)=O)=C(O)[C@@]2(O)C(=O)C3=C(O)c4c(O)c(NC(=O)CNC5CCC5)cc(OC(F)(F)F)c4C[C@H]3C[C@@H]12. The Labute approximate surface area is 248 Å². The minimum atomic E-state index is -5.23. The molecule has 0 radical (unpaired) electrons. The number of nitrogens with two attached hydrogens (primary N) is 1. The number of aromatic hydroxyl groups is 1. The van der Waals surface area contributed by atoms with Crippen LogP contribution in [0.5, 0.6) is 11.5 Å². The Morgan fingerprint density at radius 3 is 2.39 bits per heavy atom. The van der Waals surface area contributed by atoms with E-state index in [0.29, 0.717) is 0 Å². The van der Waals surface area contributed by atoms with E-state index in [1.165, 1.54) is 19.0 Å². The molecule has 0 unspecified atom stereocenters. The summed E-state index contributed by atoms with van der Waals surface area (Å²) in [5.41, 5.74) is -0.770. The van der Waals surface area contributed by atoms with Gasteiger partial charge in [-0.3, -0.25) is 24.1 Å². The quantitative estimate of drug-likeness (QED) is 0.168. The third-order valence-corrected chi connectivity index (χ3v) is 8.84. The van der Waals surface area contributed by atoms with Crippen LogP contribution in [-0.4, -0.2) is 93.4 Å². The van der Waals surface area contributed by atoms with Crippen molar-refractivity contribution in [3.63, 3.8) is 0 Å². The van der Waals surface area contributed by atoms with Crippen molar-refractivity contribution >= 4 is 34.8 Å². The summed E-state index contributed by atoms with van der Waals surface area (Å²) in [5, 5.41) is 50.3. The predicted molar refractivity (Wildman–Crippen MR) is 145 cm³/mol. The first kappa shape index (κ1) is 31.3. The number of primary amides is 1. The second-order valence-electron chi connectivity index (χ2n) is 11.7. The number of rotatable bonds is 7. The van der Waals surface area contributed by atoms with E-state index in [1.54, 1.807) is 0 Å². The molecule has 13 nitrogen and oxygen atoms in total. The number of phenolic OH excluding ortho intramolecular Hbond substituents is 1. The molecule has 2 fully saturated rings. The molecule has 4 aliphatic carbocycles. The molecule has 16 heteroatoms. The summed E-state index contributed by atoms with van der Waals surface area (Å²) < 4.78 is 44.7. The van der Waals surface area contributed by atoms with Crippen molar-refractivity contribution < 1.29 is 57.5 Å². The lowest BCUT2D eigenvalue weighted by atomic mass is 9.57. The number of ether oxygens (including phenoxy) is 1. The van der Waals surface area contributed by atoms with Gasteiger partial charge in [-0.25, -0.2) is 0 Å². The zero-order chi connectivity index (χ0) is 32.5. The fourth-order valence-electron chi connectivity index (χ4n) is 6.63. The Morgan fingerprint density at radius 2 is 1.84 bits per heavy atom. The van der Waals surface area contributed by atoms with Gasteiger partial charge < -0.3 is 41.5 Å². The number of likely N-dealkylation sites (N-methyl/N-ethyl adjacent to an activating group) is 1. The molecule has 8 N–H and O–H groups in total. The minimum Gasteiger partial charge on any atom is -0.508 e. The largest absolute Gasteiger partial charge is 0.573 e. The van der Waals surface area contributed by atoms with Crippen molar-refractivity contribution in [2.45, 2.75) is 56.2 Å². The van der Waals surface area contributed by atoms with Crippen molar-refractivity contribution in [3.05, 3.63) is 34.1 Å². The predicted octanol–water partition coefficient (Wildman–Crippen LogP) is 0.943. The van der Waals surface area contributed by atoms with Gasteiger partial charge in [0, 0.05) is 29.2 Å². The van der Waals surface area contributed by atoms with Gasteiger partial charge in [-0.1, -0.05) is 6.42 Å². The fraction of sp³-hybridized carbons (Fsp3) is 0.500. The number of hydrogen-bond acceptors (Lipinski definition) is 11. The molecule has 0 bridgehead atoms. The van der Waals surface area contributed by atoms with Gasteiger partial charge in [0.2, 0.25) is 11.7 Å². The highest BCUT2D eigenvalue weighted by atomic mass is 19.4. The smallest absolute Gasteiger partial charge is 0.508 e. The highest BCUT2D eigenvalue weighted by molar-refractivity contribution is 6.24. The zero-order valence-electron chi connectivity index (χ0n) is 23.6. The van der Waals surface area contributed by atoms with Crippen LogP contribution in [0.15, 0.2) is 23.0 Å². The van der Waals surface area contributed by atoms with E-state index in [-0.39, 0.29) is 24.6 Å². The van der Waals surface area contributed by atoms with Crippen LogP contribution in [0.25, 0.3) is 5.76 Å². The van der Waals surface area contributed by atoms with Gasteiger partial charge in [-0.15, -0.1) is 13.2 Å². The molecular weight excluding hydrogens is 593 g/mol. The number of hydrogen-bond donors (Lipinski definition) is 7. The topological polar surface area (TPSA) is 212 Å². The number of Topliss-reactive ketones (excluding diaryl/α,β-unsaturated/α-hetero) is 2. The average Bonchev–Trinajstić information content (AvgIpc) is 2.86. The summed E-state index contributed by atoms with van der Waals surface area (Å²) in [6.45, 7) is -0.224. The third kappa shape index (κ3) is 4.95. The summed E-state index contributed by atoms with van der Waals surface area (Å²) in [5.74, 6) is -11.1. The molecule has 0 aliphatic heterocycles. The molecular formula is C28H31F3N4O9. The Kier molecular flexibility index (Phi) is 7.66. The number of halogens is 3. The lowest BCUT2D eigenvalue weighted by Crippen LogP contribution is -2.65. The number of ketones is 2. The monoisotopic (exact) mass is 624 g/mol. The third-order valence-electron chi connectivity index (χ3n) is 8.84. The number of anilines is 1. The van der Waals surface area contributed by atoms with E-state index < -0.39 is 105 Å². The molecule has 2 saturated carbocycles. The number of nitrogens with zero attached hydrogens (tertiary/aromatic N) is 1. The number of phenols is 1. The van der Waals surface area contributed by atoms with Gasteiger partial charge in [0.1, 0.15) is 22.8 Å². The molecule has 4 atom stereocenters. The van der Waals surface area contributed by atoms with Crippen molar-refractivity contribution in [1.29, 1.82) is 0 Å². The van der Waals surface area contributed by atoms with Gasteiger partial charge in [0.05, 0.1) is 23.8 Å². The van der Waals surface area contributed by atoms with Crippen LogP contribution in [0, 0.1) is 11.8 Å². The first-order valence-corrected chi connectivity index (χ1v) is 13.8. The maximum atomic E-state index is 13.9. The number of fused-ring (bicyclic) bond motifs is 3. The van der Waals surface area contributed by atoms with Gasteiger partial charge in [-0.05, 0) is 45.7 Å². The number of benzene rings is 1. The van der Waals surface area contributed by atoms with Crippen LogP contribution in [0.3, 0.4) is 0 Å². The number of carbonyl (C=O) groups is 4. The van der Waals surface area contributed by atoms with Gasteiger partial charge in [0.25, 0.3) is 5.91 Å². The number of alkyl halides is 3. The maximum Gasteiger partial charge on any atom is 0.573 e. The molecule has 44 heavy (non-hydrogen) atoms. The number of nitrogens with one attached hydrogen (secondary N) is 2. The molecule has 0 heterocycles. The van der Waals surface area contributed by atoms with Crippen LogP contribution in [-0.2, 0) is 25.6 Å². The van der Waals surface area contributed by atoms with Gasteiger partial charge in [0.15, 0.2) is 17.1 Å². The molecule has 238 valence electrons. The minimum absolute atomic E-state index is 0.0994. The average molecular weight is 625 g/mol. The molecule has 4 aliphatic rings. The summed E-state index contributed by atoms with van der Waals surface area (Å²) >= 11 is 0. The number of amides is 2. The highest BCUT2D eigenvalue weighted by Gasteiger charge is 2.64. The number of carbonyl (C=O) groups excluding carboxylic acids is 4. The summed E-state index contributed by atoms with van der Waals surface area (Å²) in [7, 11) is 2.83. The van der Waals surface area contributed by atoms with Gasteiger partial charge in [-0.2, -0.15) is 0 Å². The van der Waals surface area contributed by atoms with Crippen LogP contribution in [0.1, 0.15) is 36.8 Å². The van der Waals surface area contributed by atoms with E-state index in [4.69, 9.17) is 5.73 Å². The molecule has 0 spiro atoms. The first-order valence-electron chi connectivity index (χ1n) is 13.8. The highest BCUT2D eigenvalue weighted by Crippen LogP contribution is 2.55. The van der Waals surface area contributed by atoms with E-state index in [1.807, 2.05) is 0 Å².